The van der Waals surface area contributed by atoms with E-state index in [4.69, 9.17) is 0 Å². The van der Waals surface area contributed by atoms with E-state index in [2.05, 4.69) is 20.4 Å². The number of aromatic nitrogens is 2. The number of nitrogens with zero attached hydrogens (tertiary/aromatic N) is 2. The molecule has 108 valence electrons. The van der Waals surface area contributed by atoms with Crippen molar-refractivity contribution in [1.82, 2.24) is 13.5 Å². The Labute approximate surface area is 122 Å². The minimum absolute atomic E-state index is 0.0237. The molecule has 20 heavy (non-hydrogen) atoms. The van der Waals surface area contributed by atoms with Gasteiger partial charge < -0.3 is 0 Å². The van der Waals surface area contributed by atoms with Gasteiger partial charge in [0, 0.05) is 6.04 Å². The Bertz CT molecular complexity index is 711. The molecular weight excluding hydrogens is 294 g/mol. The van der Waals surface area contributed by atoms with Crippen molar-refractivity contribution in [2.75, 3.05) is 0 Å². The molecule has 1 fully saturated rings. The number of hydrogen-bond acceptors (Lipinski definition) is 5. The van der Waals surface area contributed by atoms with Gasteiger partial charge in [0.1, 0.15) is 15.9 Å². The van der Waals surface area contributed by atoms with Crippen molar-refractivity contribution < 1.29 is 8.42 Å². The molecule has 5 nitrogen and oxygen atoms in total. The van der Waals surface area contributed by atoms with Crippen LogP contribution in [0.1, 0.15) is 32.6 Å². The lowest BCUT2D eigenvalue weighted by molar-refractivity contribution is 0.310. The SMILES string of the molecule is C[C@@H]1CCCC[C@@H]1NS(=O)(=O)c1cccc2nsnc12. The molecule has 0 bridgehead atoms. The summed E-state index contributed by atoms with van der Waals surface area (Å²) in [6.45, 7) is 2.11. The van der Waals surface area contributed by atoms with Crippen LogP contribution in [0.15, 0.2) is 23.1 Å². The van der Waals surface area contributed by atoms with E-state index in [1.807, 2.05) is 0 Å². The van der Waals surface area contributed by atoms with Crippen LogP contribution in [0.2, 0.25) is 0 Å². The van der Waals surface area contributed by atoms with Crippen LogP contribution < -0.4 is 4.72 Å². The zero-order valence-electron chi connectivity index (χ0n) is 11.2. The molecule has 1 heterocycles. The van der Waals surface area contributed by atoms with Crippen LogP contribution >= 0.6 is 11.7 Å². The molecule has 0 radical (unpaired) electrons. The fraction of sp³-hybridized carbons (Fsp3) is 0.538. The normalized spacial score (nSPS) is 24.1. The second-order valence-corrected chi connectivity index (χ2v) is 7.59. The monoisotopic (exact) mass is 311 g/mol. The Morgan fingerprint density at radius 1 is 1.25 bits per heavy atom. The Morgan fingerprint density at radius 2 is 2.05 bits per heavy atom. The van der Waals surface area contributed by atoms with Crippen LogP contribution in [0.5, 0.6) is 0 Å². The quantitative estimate of drug-likeness (QED) is 0.945. The minimum atomic E-state index is -3.54. The molecule has 1 aromatic carbocycles. The molecule has 2 aromatic rings. The van der Waals surface area contributed by atoms with Crippen molar-refractivity contribution in [3.63, 3.8) is 0 Å². The molecule has 3 rings (SSSR count). The van der Waals surface area contributed by atoms with E-state index in [1.54, 1.807) is 18.2 Å². The van der Waals surface area contributed by atoms with Crippen LogP contribution in [-0.2, 0) is 10.0 Å². The fourth-order valence-corrected chi connectivity index (χ4v) is 4.90. The second-order valence-electron chi connectivity index (χ2n) is 5.38. The molecule has 1 aromatic heterocycles. The maximum atomic E-state index is 12.6. The summed E-state index contributed by atoms with van der Waals surface area (Å²) in [5.74, 6) is 0.381. The molecule has 0 unspecified atom stereocenters. The average Bonchev–Trinajstić information content (AvgIpc) is 2.89. The van der Waals surface area contributed by atoms with Gasteiger partial charge in [-0.25, -0.2) is 13.1 Å². The minimum Gasteiger partial charge on any atom is -0.208 e. The number of sulfonamides is 1. The fourth-order valence-electron chi connectivity index (χ4n) is 2.75. The van der Waals surface area contributed by atoms with Crippen molar-refractivity contribution >= 4 is 32.8 Å². The molecule has 1 N–H and O–H groups in total. The molecule has 2 atom stereocenters. The topological polar surface area (TPSA) is 72.0 Å². The molecular formula is C13H17N3O2S2. The lowest BCUT2D eigenvalue weighted by Crippen LogP contribution is -2.41. The molecule has 0 aliphatic heterocycles. The highest BCUT2D eigenvalue weighted by Gasteiger charge is 2.28. The summed E-state index contributed by atoms with van der Waals surface area (Å²) >= 11 is 1.04. The largest absolute Gasteiger partial charge is 0.243 e. The highest BCUT2D eigenvalue weighted by molar-refractivity contribution is 7.89. The highest BCUT2D eigenvalue weighted by atomic mass is 32.2. The van der Waals surface area contributed by atoms with Gasteiger partial charge in [-0.2, -0.15) is 8.75 Å². The second kappa shape index (κ2) is 5.38. The molecule has 7 heteroatoms. The Kier molecular flexibility index (Phi) is 3.74. The summed E-state index contributed by atoms with van der Waals surface area (Å²) < 4.78 is 36.2. The van der Waals surface area contributed by atoms with Crippen LogP contribution in [0, 0.1) is 5.92 Å². The van der Waals surface area contributed by atoms with Crippen molar-refractivity contribution in [2.24, 2.45) is 5.92 Å². The van der Waals surface area contributed by atoms with Crippen LogP contribution in [0.3, 0.4) is 0 Å². The summed E-state index contributed by atoms with van der Waals surface area (Å²) in [7, 11) is -3.54. The van der Waals surface area contributed by atoms with E-state index >= 15 is 0 Å². The standard InChI is InChI=1S/C13H17N3O2S2/c1-9-5-2-3-6-10(9)16-20(17,18)12-8-4-7-11-13(12)15-19-14-11/h4,7-10,16H,2-3,5-6H2,1H3/t9-,10+/m1/s1. The maximum Gasteiger partial charge on any atom is 0.243 e. The lowest BCUT2D eigenvalue weighted by Gasteiger charge is -2.29. The van der Waals surface area contributed by atoms with Gasteiger partial charge in [0.25, 0.3) is 0 Å². The third-order valence-electron chi connectivity index (χ3n) is 3.96. The summed E-state index contributed by atoms with van der Waals surface area (Å²) in [5, 5.41) is 0. The predicted molar refractivity (Wildman–Crippen MR) is 79.2 cm³/mol. The number of rotatable bonds is 3. The van der Waals surface area contributed by atoms with Crippen LogP contribution in [0.25, 0.3) is 11.0 Å². The molecule has 0 saturated heterocycles. The van der Waals surface area contributed by atoms with Gasteiger partial charge in [-0.05, 0) is 30.9 Å². The Hall–Kier alpha value is -1.05. The first-order valence-electron chi connectivity index (χ1n) is 6.81. The van der Waals surface area contributed by atoms with E-state index in [9.17, 15) is 8.42 Å². The number of fused-ring (bicyclic) bond motifs is 1. The number of benzene rings is 1. The van der Waals surface area contributed by atoms with Gasteiger partial charge in [-0.1, -0.05) is 25.8 Å². The van der Waals surface area contributed by atoms with Crippen LogP contribution in [-0.4, -0.2) is 23.2 Å². The average molecular weight is 311 g/mol. The smallest absolute Gasteiger partial charge is 0.208 e. The van der Waals surface area contributed by atoms with E-state index < -0.39 is 10.0 Å². The summed E-state index contributed by atoms with van der Waals surface area (Å²) in [6, 6.07) is 5.11. The van der Waals surface area contributed by atoms with Gasteiger partial charge in [-0.3, -0.25) is 0 Å². The highest BCUT2D eigenvalue weighted by Crippen LogP contribution is 2.27. The van der Waals surface area contributed by atoms with Gasteiger partial charge in [-0.15, -0.1) is 0 Å². The molecule has 1 saturated carbocycles. The first kappa shape index (κ1) is 13.9. The molecule has 1 aliphatic carbocycles. The number of hydrogen-bond donors (Lipinski definition) is 1. The predicted octanol–water partition coefficient (Wildman–Crippen LogP) is 2.55. The zero-order valence-corrected chi connectivity index (χ0v) is 12.9. The van der Waals surface area contributed by atoms with Gasteiger partial charge >= 0.3 is 0 Å². The lowest BCUT2D eigenvalue weighted by atomic mass is 9.87. The molecule has 0 amide bonds. The number of nitrogens with one attached hydrogen (secondary N) is 1. The van der Waals surface area contributed by atoms with Crippen molar-refractivity contribution in [3.8, 4) is 0 Å². The van der Waals surface area contributed by atoms with E-state index in [0.717, 1.165) is 31.0 Å². The third-order valence-corrected chi connectivity index (χ3v) is 6.02. The van der Waals surface area contributed by atoms with E-state index in [-0.39, 0.29) is 10.9 Å². The van der Waals surface area contributed by atoms with E-state index in [1.165, 1.54) is 6.42 Å². The Balaban J connectivity index is 1.93. The molecule has 1 aliphatic rings. The summed E-state index contributed by atoms with van der Waals surface area (Å²) in [4.78, 5) is 0.238. The first-order chi connectivity index (χ1) is 9.58. The van der Waals surface area contributed by atoms with Gasteiger partial charge in [0.15, 0.2) is 0 Å². The van der Waals surface area contributed by atoms with E-state index in [0.29, 0.717) is 17.0 Å². The third kappa shape index (κ3) is 2.57. The maximum absolute atomic E-state index is 12.6. The van der Waals surface area contributed by atoms with Gasteiger partial charge in [0.2, 0.25) is 10.0 Å². The zero-order chi connectivity index (χ0) is 14.2. The first-order valence-corrected chi connectivity index (χ1v) is 9.03. The Morgan fingerprint density at radius 3 is 2.85 bits per heavy atom. The summed E-state index contributed by atoms with van der Waals surface area (Å²) in [6.07, 6.45) is 4.26. The van der Waals surface area contributed by atoms with Crippen molar-refractivity contribution in [3.05, 3.63) is 18.2 Å². The van der Waals surface area contributed by atoms with Crippen LogP contribution in [0.4, 0.5) is 0 Å². The summed E-state index contributed by atoms with van der Waals surface area (Å²) in [5.41, 5.74) is 1.10. The van der Waals surface area contributed by atoms with Gasteiger partial charge in [0.05, 0.1) is 11.7 Å². The molecule has 0 spiro atoms. The van der Waals surface area contributed by atoms with Crippen molar-refractivity contribution in [1.29, 1.82) is 0 Å². The van der Waals surface area contributed by atoms with Crippen molar-refractivity contribution in [2.45, 2.75) is 43.5 Å².